The topological polar surface area (TPSA) is 86.8 Å². The molecule has 0 aromatic heterocycles. The molecule has 0 radical (unpaired) electrons. The average Bonchev–Trinajstić information content (AvgIpc) is 2.98. The highest BCUT2D eigenvalue weighted by atomic mass is 32.2. The number of aryl methyl sites for hydroxylation is 2. The van der Waals surface area contributed by atoms with Gasteiger partial charge in [-0.15, -0.1) is 0 Å². The van der Waals surface area contributed by atoms with E-state index in [1.54, 1.807) is 42.5 Å². The summed E-state index contributed by atoms with van der Waals surface area (Å²) in [5.41, 5.74) is 2.83. The molecule has 0 spiro atoms. The van der Waals surface area contributed by atoms with Crippen LogP contribution in [0.25, 0.3) is 0 Å². The number of hydrogen-bond donors (Lipinski definition) is 1. The monoisotopic (exact) mass is 629 g/mol. The molecule has 0 heterocycles. The van der Waals surface area contributed by atoms with Crippen LogP contribution < -0.4 is 9.62 Å². The number of halogens is 1. The van der Waals surface area contributed by atoms with Crippen LogP contribution in [0.1, 0.15) is 43.0 Å². The number of carbonyl (C=O) groups excluding carboxylic acids is 2. The Morgan fingerprint density at radius 3 is 1.91 bits per heavy atom. The Bertz CT molecular complexity index is 1700. The number of nitrogens with one attached hydrogen (secondary N) is 1. The van der Waals surface area contributed by atoms with Crippen molar-refractivity contribution in [3.05, 3.63) is 131 Å². The van der Waals surface area contributed by atoms with Crippen LogP contribution in [-0.4, -0.2) is 43.3 Å². The van der Waals surface area contributed by atoms with Crippen molar-refractivity contribution in [3.63, 3.8) is 0 Å². The molecule has 4 aromatic carbocycles. The van der Waals surface area contributed by atoms with E-state index in [-0.39, 0.29) is 23.8 Å². The maximum absolute atomic E-state index is 14.5. The summed E-state index contributed by atoms with van der Waals surface area (Å²) in [6.07, 6.45) is 0.185. The second kappa shape index (κ2) is 14.1. The van der Waals surface area contributed by atoms with E-state index in [0.29, 0.717) is 11.3 Å². The third kappa shape index (κ3) is 9.01. The number of benzene rings is 4. The van der Waals surface area contributed by atoms with Crippen LogP contribution in [0.4, 0.5) is 10.1 Å². The van der Waals surface area contributed by atoms with E-state index in [4.69, 9.17) is 0 Å². The van der Waals surface area contributed by atoms with Gasteiger partial charge in [0, 0.05) is 18.5 Å². The van der Waals surface area contributed by atoms with Gasteiger partial charge in [0.15, 0.2) is 0 Å². The highest BCUT2D eigenvalue weighted by Crippen LogP contribution is 2.27. The molecule has 0 saturated heterocycles. The van der Waals surface area contributed by atoms with Crippen molar-refractivity contribution in [2.45, 2.75) is 64.1 Å². The Balaban J connectivity index is 1.83. The van der Waals surface area contributed by atoms with E-state index in [0.717, 1.165) is 21.0 Å². The van der Waals surface area contributed by atoms with Gasteiger partial charge in [0.25, 0.3) is 10.0 Å². The minimum Gasteiger partial charge on any atom is -0.350 e. The number of sulfonamides is 1. The maximum atomic E-state index is 14.5. The number of amides is 2. The largest absolute Gasteiger partial charge is 0.350 e. The highest BCUT2D eigenvalue weighted by molar-refractivity contribution is 7.92. The molecule has 4 rings (SSSR count). The van der Waals surface area contributed by atoms with Gasteiger partial charge in [0.1, 0.15) is 18.4 Å². The van der Waals surface area contributed by atoms with Crippen molar-refractivity contribution in [3.8, 4) is 0 Å². The minimum atomic E-state index is -4.19. The predicted octanol–water partition coefficient (Wildman–Crippen LogP) is 6.19. The maximum Gasteiger partial charge on any atom is 0.264 e. The van der Waals surface area contributed by atoms with E-state index < -0.39 is 39.9 Å². The van der Waals surface area contributed by atoms with Gasteiger partial charge < -0.3 is 10.2 Å². The predicted molar refractivity (Wildman–Crippen MR) is 176 cm³/mol. The van der Waals surface area contributed by atoms with Gasteiger partial charge in [0.05, 0.1) is 10.6 Å². The fourth-order valence-corrected chi connectivity index (χ4v) is 6.56. The zero-order valence-electron chi connectivity index (χ0n) is 26.3. The van der Waals surface area contributed by atoms with Crippen LogP contribution in [0, 0.1) is 19.7 Å². The molecule has 0 bridgehead atoms. The summed E-state index contributed by atoms with van der Waals surface area (Å²) in [5, 5.41) is 3.00. The summed E-state index contributed by atoms with van der Waals surface area (Å²) in [6, 6.07) is 27.3. The molecule has 1 atom stereocenters. The number of anilines is 1. The minimum absolute atomic E-state index is 0.0355. The molecule has 0 fully saturated rings. The van der Waals surface area contributed by atoms with Gasteiger partial charge in [-0.3, -0.25) is 13.9 Å². The van der Waals surface area contributed by atoms with Gasteiger partial charge in [-0.1, -0.05) is 66.7 Å². The van der Waals surface area contributed by atoms with Crippen LogP contribution >= 0.6 is 0 Å². The highest BCUT2D eigenvalue weighted by Gasteiger charge is 2.35. The van der Waals surface area contributed by atoms with Gasteiger partial charge in [-0.25, -0.2) is 12.8 Å². The first-order valence-corrected chi connectivity index (χ1v) is 16.2. The quantitative estimate of drug-likeness (QED) is 0.214. The number of hydrogen-bond acceptors (Lipinski definition) is 4. The molecule has 0 aliphatic carbocycles. The molecule has 1 N–H and O–H groups in total. The van der Waals surface area contributed by atoms with E-state index in [1.807, 2.05) is 71.0 Å². The Labute approximate surface area is 265 Å². The first kappa shape index (κ1) is 33.4. The zero-order chi connectivity index (χ0) is 32.8. The lowest BCUT2D eigenvalue weighted by Gasteiger charge is -2.35. The van der Waals surface area contributed by atoms with E-state index in [2.05, 4.69) is 5.32 Å². The molecule has 0 aliphatic heterocycles. The lowest BCUT2D eigenvalue weighted by atomic mass is 10.0. The average molecular weight is 630 g/mol. The van der Waals surface area contributed by atoms with Crippen molar-refractivity contribution in [1.29, 1.82) is 0 Å². The molecular formula is C36H40FN3O4S. The molecule has 2 amide bonds. The van der Waals surface area contributed by atoms with Crippen molar-refractivity contribution in [2.24, 2.45) is 0 Å². The number of rotatable bonds is 11. The molecule has 236 valence electrons. The summed E-state index contributed by atoms with van der Waals surface area (Å²) in [6.45, 7) is 8.68. The number of carbonyl (C=O) groups is 2. The second-order valence-corrected chi connectivity index (χ2v) is 14.1. The van der Waals surface area contributed by atoms with Gasteiger partial charge >= 0.3 is 0 Å². The lowest BCUT2D eigenvalue weighted by Crippen LogP contribution is -2.56. The Morgan fingerprint density at radius 2 is 1.36 bits per heavy atom. The molecule has 4 aromatic rings. The summed E-state index contributed by atoms with van der Waals surface area (Å²) < 4.78 is 43.2. The lowest BCUT2D eigenvalue weighted by molar-refractivity contribution is -0.140. The molecule has 1 unspecified atom stereocenters. The van der Waals surface area contributed by atoms with Crippen molar-refractivity contribution < 1.29 is 22.4 Å². The smallest absolute Gasteiger partial charge is 0.264 e. The molecule has 9 heteroatoms. The first-order chi connectivity index (χ1) is 21.2. The molecule has 7 nitrogen and oxygen atoms in total. The summed E-state index contributed by atoms with van der Waals surface area (Å²) in [4.78, 5) is 29.9. The molecule has 45 heavy (non-hydrogen) atoms. The first-order valence-electron chi connectivity index (χ1n) is 14.8. The SMILES string of the molecule is Cc1cc(C)cc(N(CC(=O)N(Cc2ccc(F)cc2)C(Cc2ccccc2)C(=O)NC(C)(C)C)S(=O)(=O)c2ccccc2)c1. The van der Waals surface area contributed by atoms with E-state index in [1.165, 1.54) is 29.2 Å². The third-order valence-electron chi connectivity index (χ3n) is 7.14. The fraction of sp³-hybridized carbons (Fsp3) is 0.278. The molecular weight excluding hydrogens is 589 g/mol. The van der Waals surface area contributed by atoms with Crippen LogP contribution in [0.3, 0.4) is 0 Å². The van der Waals surface area contributed by atoms with Gasteiger partial charge in [-0.05, 0) is 93.3 Å². The zero-order valence-corrected chi connectivity index (χ0v) is 27.1. The Morgan fingerprint density at radius 1 is 0.800 bits per heavy atom. The second-order valence-electron chi connectivity index (χ2n) is 12.3. The van der Waals surface area contributed by atoms with Crippen LogP contribution in [0.5, 0.6) is 0 Å². The van der Waals surface area contributed by atoms with Crippen LogP contribution in [0.2, 0.25) is 0 Å². The van der Waals surface area contributed by atoms with Crippen LogP contribution in [-0.2, 0) is 32.6 Å². The summed E-state index contributed by atoms with van der Waals surface area (Å²) >= 11 is 0. The van der Waals surface area contributed by atoms with E-state index >= 15 is 0 Å². The van der Waals surface area contributed by atoms with Crippen molar-refractivity contribution in [1.82, 2.24) is 10.2 Å². The van der Waals surface area contributed by atoms with Crippen LogP contribution in [0.15, 0.2) is 108 Å². The summed E-state index contributed by atoms with van der Waals surface area (Å²) in [7, 11) is -4.19. The van der Waals surface area contributed by atoms with Crippen molar-refractivity contribution >= 4 is 27.5 Å². The molecule has 0 saturated carbocycles. The number of nitrogens with zero attached hydrogens (tertiary/aromatic N) is 2. The third-order valence-corrected chi connectivity index (χ3v) is 8.93. The fourth-order valence-electron chi connectivity index (χ4n) is 5.14. The molecule has 0 aliphatic rings. The standard InChI is InChI=1S/C36H40FN3O4S/c1-26-20-27(2)22-31(21-26)40(45(43,44)32-14-10-7-11-15-32)25-34(41)39(24-29-16-18-30(37)19-17-29)33(35(42)38-36(3,4)5)23-28-12-8-6-9-13-28/h6-22,33H,23-25H2,1-5H3,(H,38,42). The normalized spacial score (nSPS) is 12.3. The Kier molecular flexibility index (Phi) is 10.4. The van der Waals surface area contributed by atoms with Gasteiger partial charge in [0.2, 0.25) is 11.8 Å². The summed E-state index contributed by atoms with van der Waals surface area (Å²) in [5.74, 6) is -1.40. The van der Waals surface area contributed by atoms with E-state index in [9.17, 15) is 22.4 Å². The Hall–Kier alpha value is -4.50. The van der Waals surface area contributed by atoms with Crippen molar-refractivity contribution in [2.75, 3.05) is 10.8 Å². The van der Waals surface area contributed by atoms with Gasteiger partial charge in [-0.2, -0.15) is 0 Å².